The second-order valence-electron chi connectivity index (χ2n) is 3.91. The summed E-state index contributed by atoms with van der Waals surface area (Å²) in [6.07, 6.45) is 0. The third-order valence-corrected chi connectivity index (χ3v) is 2.71. The minimum absolute atomic E-state index is 0.154. The first kappa shape index (κ1) is 14.6. The third kappa shape index (κ3) is 3.19. The maximum Gasteiger partial charge on any atom is 0.203 e. The Hall–Kier alpha value is -2.84. The minimum atomic E-state index is 0.154. The van der Waals surface area contributed by atoms with Crippen molar-refractivity contribution < 1.29 is 14.2 Å². The molecule has 2 aromatic rings. The van der Waals surface area contributed by atoms with Gasteiger partial charge in [0.2, 0.25) is 5.75 Å². The van der Waals surface area contributed by atoms with Gasteiger partial charge in [0.25, 0.3) is 0 Å². The standard InChI is InChI=1S/C12H15N6O3/c1-7(13-14-12-15-17-18-16-12)8-5-9(19-2)11(21-4)10(6-8)20-3/h5-6H,1-4H3,(H-,14,15,16,17,18)/q-1/b13-7+. The lowest BCUT2D eigenvalue weighted by molar-refractivity contribution is 0.324. The molecule has 1 aromatic carbocycles. The van der Waals surface area contributed by atoms with Crippen LogP contribution in [-0.4, -0.2) is 47.7 Å². The van der Waals surface area contributed by atoms with Crippen LogP contribution in [-0.2, 0) is 0 Å². The van der Waals surface area contributed by atoms with Gasteiger partial charge in [-0.25, -0.2) is 5.10 Å². The Morgan fingerprint density at radius 2 is 1.81 bits per heavy atom. The summed E-state index contributed by atoms with van der Waals surface area (Å²) in [4.78, 5) is 0. The van der Waals surface area contributed by atoms with Crippen molar-refractivity contribution in [2.75, 3.05) is 21.3 Å². The van der Waals surface area contributed by atoms with Crippen LogP contribution in [0.4, 0.5) is 5.95 Å². The number of hydrogen-bond donors (Lipinski definition) is 1. The van der Waals surface area contributed by atoms with Crippen molar-refractivity contribution in [2.45, 2.75) is 6.92 Å². The first-order valence-electron chi connectivity index (χ1n) is 5.98. The van der Waals surface area contributed by atoms with Gasteiger partial charge in [0, 0.05) is 5.56 Å². The Morgan fingerprint density at radius 1 is 1.14 bits per heavy atom. The molecule has 0 aliphatic rings. The van der Waals surface area contributed by atoms with Crippen LogP contribution >= 0.6 is 0 Å². The van der Waals surface area contributed by atoms with E-state index >= 15 is 0 Å². The van der Waals surface area contributed by atoms with Crippen LogP contribution in [0.15, 0.2) is 17.2 Å². The van der Waals surface area contributed by atoms with E-state index in [0.717, 1.165) is 5.56 Å². The van der Waals surface area contributed by atoms with Gasteiger partial charge in [-0.2, -0.15) is 0 Å². The predicted molar refractivity (Wildman–Crippen MR) is 75.5 cm³/mol. The fourth-order valence-corrected chi connectivity index (χ4v) is 1.67. The lowest BCUT2D eigenvalue weighted by Gasteiger charge is -2.14. The average molecular weight is 291 g/mol. The van der Waals surface area contributed by atoms with E-state index in [0.29, 0.717) is 23.0 Å². The van der Waals surface area contributed by atoms with Crippen LogP contribution in [0.25, 0.3) is 5.43 Å². The molecule has 112 valence electrons. The molecule has 0 amide bonds. The number of nitrogens with zero attached hydrogens (tertiary/aromatic N) is 5. The van der Waals surface area contributed by atoms with Gasteiger partial charge in [-0.3, -0.25) is 20.8 Å². The van der Waals surface area contributed by atoms with Crippen LogP contribution in [0.3, 0.4) is 0 Å². The second-order valence-corrected chi connectivity index (χ2v) is 3.91. The summed E-state index contributed by atoms with van der Waals surface area (Å²) in [5.74, 6) is 1.76. The highest BCUT2D eigenvalue weighted by atomic mass is 16.5. The molecule has 0 aliphatic carbocycles. The van der Waals surface area contributed by atoms with E-state index < -0.39 is 0 Å². The highest BCUT2D eigenvalue weighted by Gasteiger charge is 2.14. The van der Waals surface area contributed by atoms with Gasteiger partial charge < -0.3 is 14.2 Å². The SMILES string of the molecule is COc1cc(/C(C)=N/[N-]c2nn[nH]n2)cc(OC)c1OC. The minimum Gasteiger partial charge on any atom is -0.493 e. The van der Waals surface area contributed by atoms with E-state index in [1.165, 1.54) is 0 Å². The molecule has 9 nitrogen and oxygen atoms in total. The summed E-state index contributed by atoms with van der Waals surface area (Å²) in [6.45, 7) is 1.80. The Balaban J connectivity index is 2.32. The molecule has 0 aliphatic heterocycles. The predicted octanol–water partition coefficient (Wildman–Crippen LogP) is 1.65. The van der Waals surface area contributed by atoms with Crippen molar-refractivity contribution in [3.63, 3.8) is 0 Å². The number of hydrogen-bond acceptors (Lipinski definition) is 7. The fraction of sp³-hybridized carbons (Fsp3) is 0.333. The molecule has 0 fully saturated rings. The zero-order valence-corrected chi connectivity index (χ0v) is 12.1. The summed E-state index contributed by atoms with van der Waals surface area (Å²) >= 11 is 0. The molecule has 1 heterocycles. The van der Waals surface area contributed by atoms with E-state index in [-0.39, 0.29) is 5.95 Å². The molecular weight excluding hydrogens is 276 g/mol. The Bertz CT molecular complexity index is 601. The number of rotatable bonds is 6. The molecule has 0 saturated heterocycles. The molecule has 0 spiro atoms. The number of H-pyrrole nitrogens is 1. The van der Waals surface area contributed by atoms with Gasteiger partial charge in [0.1, 0.15) is 0 Å². The topological polar surface area (TPSA) is 109 Å². The molecule has 9 heteroatoms. The first-order valence-corrected chi connectivity index (χ1v) is 5.98. The first-order chi connectivity index (χ1) is 10.2. The van der Waals surface area contributed by atoms with Gasteiger partial charge in [-0.1, -0.05) is 0 Å². The number of ether oxygens (including phenoxy) is 3. The number of tetrazole rings is 1. The van der Waals surface area contributed by atoms with Crippen LogP contribution in [0.5, 0.6) is 17.2 Å². The highest BCUT2D eigenvalue weighted by Crippen LogP contribution is 2.38. The maximum absolute atomic E-state index is 5.29. The Labute approximate surface area is 121 Å². The van der Waals surface area contributed by atoms with Crippen molar-refractivity contribution in [1.82, 2.24) is 20.6 Å². The zero-order chi connectivity index (χ0) is 15.2. The summed E-state index contributed by atoms with van der Waals surface area (Å²) in [7, 11) is 4.65. The van der Waals surface area contributed by atoms with E-state index in [2.05, 4.69) is 31.2 Å². The molecule has 2 rings (SSSR count). The van der Waals surface area contributed by atoms with Gasteiger partial charge in [0.05, 0.1) is 33.0 Å². The molecule has 0 saturated carbocycles. The molecule has 0 bridgehead atoms. The lowest BCUT2D eigenvalue weighted by Crippen LogP contribution is -2.00. The normalized spacial score (nSPS) is 11.1. The zero-order valence-electron chi connectivity index (χ0n) is 12.1. The molecule has 1 aromatic heterocycles. The molecule has 21 heavy (non-hydrogen) atoms. The van der Waals surface area contributed by atoms with Crippen molar-refractivity contribution in [3.05, 3.63) is 23.1 Å². The van der Waals surface area contributed by atoms with Crippen LogP contribution in [0.2, 0.25) is 0 Å². The van der Waals surface area contributed by atoms with Gasteiger partial charge in [-0.15, -0.1) is 5.21 Å². The monoisotopic (exact) mass is 291 g/mol. The van der Waals surface area contributed by atoms with E-state index in [9.17, 15) is 0 Å². The number of aromatic amines is 1. The summed E-state index contributed by atoms with van der Waals surface area (Å²) in [5.41, 5.74) is 5.27. The van der Waals surface area contributed by atoms with Gasteiger partial charge >= 0.3 is 0 Å². The van der Waals surface area contributed by atoms with Crippen molar-refractivity contribution in [3.8, 4) is 17.2 Å². The quantitative estimate of drug-likeness (QED) is 0.640. The number of nitrogens with one attached hydrogen (secondary N) is 1. The molecule has 0 radical (unpaired) electrons. The number of methoxy groups -OCH3 is 3. The second kappa shape index (κ2) is 6.55. The highest BCUT2D eigenvalue weighted by molar-refractivity contribution is 6.00. The fourth-order valence-electron chi connectivity index (χ4n) is 1.67. The average Bonchev–Trinajstić information content (AvgIpc) is 3.04. The van der Waals surface area contributed by atoms with Crippen molar-refractivity contribution in [1.29, 1.82) is 0 Å². The molecule has 0 unspecified atom stereocenters. The molecule has 1 N–H and O–H groups in total. The van der Waals surface area contributed by atoms with Crippen molar-refractivity contribution in [2.24, 2.45) is 5.10 Å². The Kier molecular flexibility index (Phi) is 4.54. The maximum atomic E-state index is 5.29. The Morgan fingerprint density at radius 3 is 2.29 bits per heavy atom. The smallest absolute Gasteiger partial charge is 0.203 e. The van der Waals surface area contributed by atoms with E-state index in [1.807, 2.05) is 0 Å². The van der Waals surface area contributed by atoms with Crippen molar-refractivity contribution >= 4 is 11.7 Å². The van der Waals surface area contributed by atoms with Gasteiger partial charge in [-0.05, 0) is 19.1 Å². The van der Waals surface area contributed by atoms with E-state index in [4.69, 9.17) is 14.2 Å². The largest absolute Gasteiger partial charge is 0.493 e. The summed E-state index contributed by atoms with van der Waals surface area (Å²) in [6, 6.07) is 3.57. The van der Waals surface area contributed by atoms with Crippen LogP contribution in [0.1, 0.15) is 12.5 Å². The number of benzene rings is 1. The van der Waals surface area contributed by atoms with Gasteiger partial charge in [0.15, 0.2) is 11.5 Å². The lowest BCUT2D eigenvalue weighted by atomic mass is 10.1. The third-order valence-electron chi connectivity index (χ3n) is 2.71. The molecular formula is C12H15N6O3-. The summed E-state index contributed by atoms with van der Waals surface area (Å²) < 4.78 is 15.8. The summed E-state index contributed by atoms with van der Waals surface area (Å²) in [5, 5.41) is 17.1. The van der Waals surface area contributed by atoms with Crippen LogP contribution < -0.4 is 14.2 Å². The van der Waals surface area contributed by atoms with E-state index in [1.54, 1.807) is 40.4 Å². The van der Waals surface area contributed by atoms with Crippen LogP contribution in [0, 0.1) is 0 Å². The number of aromatic nitrogens is 4. The molecule has 0 atom stereocenters.